The number of halogens is 1. The summed E-state index contributed by atoms with van der Waals surface area (Å²) < 4.78 is 10.7. The molecule has 1 amide bonds. The van der Waals surface area contributed by atoms with E-state index in [1.807, 2.05) is 11.9 Å². The zero-order chi connectivity index (χ0) is 12.1. The van der Waals surface area contributed by atoms with Gasteiger partial charge in [-0.3, -0.25) is 4.79 Å². The summed E-state index contributed by atoms with van der Waals surface area (Å²) in [5, 5.41) is 3.18. The molecular weight excluding hydrogens is 256 g/mol. The Morgan fingerprint density at radius 3 is 2.94 bits per heavy atom. The molecule has 6 heteroatoms. The third kappa shape index (κ3) is 4.09. The van der Waals surface area contributed by atoms with E-state index in [0.717, 1.165) is 26.1 Å². The Labute approximate surface area is 115 Å². The molecule has 2 saturated heterocycles. The van der Waals surface area contributed by atoms with Crippen molar-refractivity contribution in [1.82, 2.24) is 10.2 Å². The van der Waals surface area contributed by atoms with Gasteiger partial charge in [0.05, 0.1) is 19.8 Å². The van der Waals surface area contributed by atoms with E-state index in [-0.39, 0.29) is 24.4 Å². The molecule has 2 heterocycles. The second kappa shape index (κ2) is 7.94. The maximum Gasteiger partial charge on any atom is 0.254 e. The van der Waals surface area contributed by atoms with Crippen LogP contribution < -0.4 is 5.32 Å². The number of nitrogens with zero attached hydrogens (tertiary/aromatic N) is 1. The molecule has 0 aromatic heterocycles. The molecule has 0 aromatic carbocycles. The summed E-state index contributed by atoms with van der Waals surface area (Å²) in [5.41, 5.74) is 0. The SMILES string of the molecule is CNCC1CCCN(C(=O)C2COCCO2)C1.Cl. The largest absolute Gasteiger partial charge is 0.376 e. The van der Waals surface area contributed by atoms with Crippen LogP contribution >= 0.6 is 12.4 Å². The maximum absolute atomic E-state index is 12.2. The predicted octanol–water partition coefficient (Wildman–Crippen LogP) is 0.282. The van der Waals surface area contributed by atoms with Crippen LogP contribution in [0.3, 0.4) is 0 Å². The second-order valence-corrected chi connectivity index (χ2v) is 4.78. The monoisotopic (exact) mass is 278 g/mol. The second-order valence-electron chi connectivity index (χ2n) is 4.78. The van der Waals surface area contributed by atoms with E-state index in [2.05, 4.69) is 5.32 Å². The van der Waals surface area contributed by atoms with Crippen molar-refractivity contribution >= 4 is 18.3 Å². The van der Waals surface area contributed by atoms with Gasteiger partial charge in [0.2, 0.25) is 0 Å². The van der Waals surface area contributed by atoms with Crippen LogP contribution in [-0.2, 0) is 14.3 Å². The molecule has 18 heavy (non-hydrogen) atoms. The summed E-state index contributed by atoms with van der Waals surface area (Å²) in [6.07, 6.45) is 1.91. The molecule has 2 aliphatic rings. The first-order valence-corrected chi connectivity index (χ1v) is 6.44. The van der Waals surface area contributed by atoms with Gasteiger partial charge in [0.15, 0.2) is 6.10 Å². The van der Waals surface area contributed by atoms with Crippen LogP contribution in [0, 0.1) is 5.92 Å². The van der Waals surface area contributed by atoms with Crippen molar-refractivity contribution in [2.24, 2.45) is 5.92 Å². The zero-order valence-corrected chi connectivity index (χ0v) is 11.7. The lowest BCUT2D eigenvalue weighted by molar-refractivity contribution is -0.159. The molecule has 2 fully saturated rings. The fourth-order valence-corrected chi connectivity index (χ4v) is 2.55. The third-order valence-electron chi connectivity index (χ3n) is 3.41. The van der Waals surface area contributed by atoms with Crippen LogP contribution in [0.4, 0.5) is 0 Å². The van der Waals surface area contributed by atoms with E-state index in [1.165, 1.54) is 6.42 Å². The van der Waals surface area contributed by atoms with E-state index in [4.69, 9.17) is 9.47 Å². The van der Waals surface area contributed by atoms with Gasteiger partial charge in [-0.25, -0.2) is 0 Å². The molecule has 0 saturated carbocycles. The fourth-order valence-electron chi connectivity index (χ4n) is 2.55. The van der Waals surface area contributed by atoms with E-state index in [9.17, 15) is 4.79 Å². The number of hydrogen-bond acceptors (Lipinski definition) is 4. The van der Waals surface area contributed by atoms with Crippen molar-refractivity contribution in [1.29, 1.82) is 0 Å². The van der Waals surface area contributed by atoms with Gasteiger partial charge in [-0.05, 0) is 32.4 Å². The van der Waals surface area contributed by atoms with Crippen molar-refractivity contribution in [2.45, 2.75) is 18.9 Å². The maximum atomic E-state index is 12.2. The minimum Gasteiger partial charge on any atom is -0.376 e. The highest BCUT2D eigenvalue weighted by molar-refractivity contribution is 5.85. The topological polar surface area (TPSA) is 50.8 Å². The smallest absolute Gasteiger partial charge is 0.254 e. The number of hydrogen-bond donors (Lipinski definition) is 1. The molecule has 2 unspecified atom stereocenters. The predicted molar refractivity (Wildman–Crippen MR) is 71.0 cm³/mol. The van der Waals surface area contributed by atoms with Gasteiger partial charge in [0.25, 0.3) is 5.91 Å². The number of piperidine rings is 1. The first-order valence-electron chi connectivity index (χ1n) is 6.44. The van der Waals surface area contributed by atoms with Crippen LogP contribution in [0.15, 0.2) is 0 Å². The minimum absolute atomic E-state index is 0. The van der Waals surface area contributed by atoms with E-state index < -0.39 is 0 Å². The van der Waals surface area contributed by atoms with Crippen LogP contribution in [0.2, 0.25) is 0 Å². The van der Waals surface area contributed by atoms with Crippen LogP contribution in [0.25, 0.3) is 0 Å². The lowest BCUT2D eigenvalue weighted by Gasteiger charge is -2.35. The van der Waals surface area contributed by atoms with Crippen molar-refractivity contribution in [3.63, 3.8) is 0 Å². The highest BCUT2D eigenvalue weighted by Crippen LogP contribution is 2.17. The van der Waals surface area contributed by atoms with Crippen molar-refractivity contribution in [2.75, 3.05) is 46.5 Å². The molecular formula is C12H23ClN2O3. The molecule has 0 aliphatic carbocycles. The third-order valence-corrected chi connectivity index (χ3v) is 3.41. The van der Waals surface area contributed by atoms with E-state index in [0.29, 0.717) is 25.7 Å². The normalized spacial score (nSPS) is 28.6. The lowest BCUT2D eigenvalue weighted by Crippen LogP contribution is -2.49. The summed E-state index contributed by atoms with van der Waals surface area (Å²) in [6, 6.07) is 0. The average Bonchev–Trinajstić information content (AvgIpc) is 2.40. The Balaban J connectivity index is 0.00000162. The Kier molecular flexibility index (Phi) is 6.92. The highest BCUT2D eigenvalue weighted by Gasteiger charge is 2.30. The molecule has 106 valence electrons. The molecule has 0 radical (unpaired) electrons. The Hall–Kier alpha value is -0.360. The quantitative estimate of drug-likeness (QED) is 0.806. The number of nitrogens with one attached hydrogen (secondary N) is 1. The zero-order valence-electron chi connectivity index (χ0n) is 10.9. The number of rotatable bonds is 3. The highest BCUT2D eigenvalue weighted by atomic mass is 35.5. The average molecular weight is 279 g/mol. The van der Waals surface area contributed by atoms with Gasteiger partial charge >= 0.3 is 0 Å². The van der Waals surface area contributed by atoms with Gasteiger partial charge < -0.3 is 19.7 Å². The number of carbonyl (C=O) groups is 1. The van der Waals surface area contributed by atoms with Crippen molar-refractivity contribution < 1.29 is 14.3 Å². The van der Waals surface area contributed by atoms with Crippen LogP contribution in [0.5, 0.6) is 0 Å². The summed E-state index contributed by atoms with van der Waals surface area (Å²) in [4.78, 5) is 14.1. The number of carbonyl (C=O) groups excluding carboxylic acids is 1. The van der Waals surface area contributed by atoms with Gasteiger partial charge in [-0.2, -0.15) is 0 Å². The van der Waals surface area contributed by atoms with Gasteiger partial charge in [-0.1, -0.05) is 0 Å². The van der Waals surface area contributed by atoms with Gasteiger partial charge in [0, 0.05) is 13.1 Å². The number of likely N-dealkylation sites (tertiary alicyclic amines) is 1. The van der Waals surface area contributed by atoms with Crippen LogP contribution in [-0.4, -0.2) is 63.4 Å². The summed E-state index contributed by atoms with van der Waals surface area (Å²) >= 11 is 0. The Morgan fingerprint density at radius 1 is 1.44 bits per heavy atom. The molecule has 2 aliphatic heterocycles. The molecule has 2 rings (SSSR count). The number of ether oxygens (including phenoxy) is 2. The molecule has 0 bridgehead atoms. The summed E-state index contributed by atoms with van der Waals surface area (Å²) in [5.74, 6) is 0.674. The lowest BCUT2D eigenvalue weighted by atomic mass is 9.97. The van der Waals surface area contributed by atoms with E-state index >= 15 is 0 Å². The van der Waals surface area contributed by atoms with Crippen molar-refractivity contribution in [3.8, 4) is 0 Å². The molecule has 0 aromatic rings. The van der Waals surface area contributed by atoms with Gasteiger partial charge in [-0.15, -0.1) is 12.4 Å². The fraction of sp³-hybridized carbons (Fsp3) is 0.917. The Bertz CT molecular complexity index is 258. The standard InChI is InChI=1S/C12H22N2O3.ClH/c1-13-7-10-3-2-4-14(8-10)12(15)11-9-16-5-6-17-11;/h10-11,13H,2-9H2,1H3;1H. The van der Waals surface area contributed by atoms with E-state index in [1.54, 1.807) is 0 Å². The first-order chi connectivity index (χ1) is 8.31. The molecule has 1 N–H and O–H groups in total. The van der Waals surface area contributed by atoms with Gasteiger partial charge in [0.1, 0.15) is 0 Å². The van der Waals surface area contributed by atoms with Crippen LogP contribution in [0.1, 0.15) is 12.8 Å². The molecule has 5 nitrogen and oxygen atoms in total. The number of amides is 1. The van der Waals surface area contributed by atoms with Crippen molar-refractivity contribution in [3.05, 3.63) is 0 Å². The molecule has 0 spiro atoms. The first kappa shape index (κ1) is 15.7. The summed E-state index contributed by atoms with van der Waals surface area (Å²) in [6.45, 7) is 4.23. The minimum atomic E-state index is -0.378. The molecule has 2 atom stereocenters. The summed E-state index contributed by atoms with van der Waals surface area (Å²) in [7, 11) is 1.96. The Morgan fingerprint density at radius 2 is 2.28 bits per heavy atom.